The van der Waals surface area contributed by atoms with Crippen LogP contribution in [0.15, 0.2) is 182 Å². The van der Waals surface area contributed by atoms with Crippen LogP contribution in [-0.2, 0) is 32.7 Å². The second-order valence-corrected chi connectivity index (χ2v) is 8.35. The van der Waals surface area contributed by atoms with Crippen molar-refractivity contribution < 1.29 is 32.7 Å². The van der Waals surface area contributed by atoms with E-state index >= 15 is 0 Å². The molecule has 3 nitrogen and oxygen atoms in total. The van der Waals surface area contributed by atoms with Crippen LogP contribution < -0.4 is 0 Å². The van der Waals surface area contributed by atoms with E-state index < -0.39 is 0 Å². The Balaban J connectivity index is 0.000000163. The standard InChI is InChI=1S/3C12H10N.Y/c3*1-3-7-11(8-4-1)13-12-9-5-2-6-10-12;/h3*1-10H;/q3*-1;+3. The summed E-state index contributed by atoms with van der Waals surface area (Å²) in [5, 5.41) is 13.3. The van der Waals surface area contributed by atoms with E-state index in [-0.39, 0.29) is 32.7 Å². The smallest absolute Gasteiger partial charge is 0.658 e. The fourth-order valence-electron chi connectivity index (χ4n) is 3.46. The molecule has 6 rings (SSSR count). The maximum absolute atomic E-state index is 4.44. The second kappa shape index (κ2) is 18.2. The molecule has 192 valence electrons. The molecule has 4 heteroatoms. The molecule has 0 aliphatic rings. The van der Waals surface area contributed by atoms with Gasteiger partial charge >= 0.3 is 32.7 Å². The maximum Gasteiger partial charge on any atom is 3.00 e. The van der Waals surface area contributed by atoms with Gasteiger partial charge in [0, 0.05) is 0 Å². The molecule has 0 unspecified atom stereocenters. The number of hydrogen-bond acceptors (Lipinski definition) is 0. The van der Waals surface area contributed by atoms with Crippen molar-refractivity contribution in [2.75, 3.05) is 0 Å². The molecule has 0 saturated heterocycles. The third-order valence-electron chi connectivity index (χ3n) is 5.31. The van der Waals surface area contributed by atoms with Gasteiger partial charge in [0.05, 0.1) is 0 Å². The van der Waals surface area contributed by atoms with Gasteiger partial charge in [-0.3, -0.25) is 0 Å². The Bertz CT molecular complexity index is 1140. The first kappa shape index (κ1) is 30.4. The Morgan fingerprint density at radius 1 is 0.200 bits per heavy atom. The van der Waals surface area contributed by atoms with Gasteiger partial charge in [0.25, 0.3) is 0 Å². The first-order chi connectivity index (χ1) is 19.3. The van der Waals surface area contributed by atoms with Crippen molar-refractivity contribution in [2.45, 2.75) is 0 Å². The Morgan fingerprint density at radius 2 is 0.325 bits per heavy atom. The molecule has 0 heterocycles. The fourth-order valence-corrected chi connectivity index (χ4v) is 3.46. The van der Waals surface area contributed by atoms with E-state index in [1.165, 1.54) is 0 Å². The van der Waals surface area contributed by atoms with Crippen LogP contribution >= 0.6 is 0 Å². The van der Waals surface area contributed by atoms with E-state index in [0.29, 0.717) is 0 Å². The Hall–Kier alpha value is -4.18. The molecule has 40 heavy (non-hydrogen) atoms. The number of nitrogens with zero attached hydrogens (tertiary/aromatic N) is 3. The van der Waals surface area contributed by atoms with Gasteiger partial charge in [-0.2, -0.15) is 0 Å². The van der Waals surface area contributed by atoms with E-state index in [9.17, 15) is 0 Å². The molecule has 0 bridgehead atoms. The van der Waals surface area contributed by atoms with Gasteiger partial charge < -0.3 is 16.0 Å². The molecule has 0 radical (unpaired) electrons. The summed E-state index contributed by atoms with van der Waals surface area (Å²) in [7, 11) is 0. The van der Waals surface area contributed by atoms with Gasteiger partial charge in [0.1, 0.15) is 0 Å². The van der Waals surface area contributed by atoms with Crippen LogP contribution in [0.2, 0.25) is 0 Å². The summed E-state index contributed by atoms with van der Waals surface area (Å²) in [6, 6.07) is 59.7. The number of benzene rings is 6. The van der Waals surface area contributed by atoms with E-state index in [1.54, 1.807) is 0 Å². The van der Waals surface area contributed by atoms with Crippen molar-refractivity contribution in [3.63, 3.8) is 0 Å². The van der Waals surface area contributed by atoms with Gasteiger partial charge in [0.15, 0.2) is 0 Å². The average molecular weight is 594 g/mol. The van der Waals surface area contributed by atoms with Crippen molar-refractivity contribution in [1.82, 2.24) is 0 Å². The summed E-state index contributed by atoms with van der Waals surface area (Å²) in [6.45, 7) is 0. The minimum Gasteiger partial charge on any atom is -0.658 e. The summed E-state index contributed by atoms with van der Waals surface area (Å²) >= 11 is 0. The molecular formula is C36H30N3Y. The van der Waals surface area contributed by atoms with Crippen molar-refractivity contribution in [3.05, 3.63) is 198 Å². The molecule has 0 spiro atoms. The van der Waals surface area contributed by atoms with Gasteiger partial charge in [-0.05, 0) is 0 Å². The first-order valence-electron chi connectivity index (χ1n) is 12.8. The van der Waals surface area contributed by atoms with Crippen LogP contribution in [0.1, 0.15) is 0 Å². The van der Waals surface area contributed by atoms with E-state index in [1.807, 2.05) is 182 Å². The SMILES string of the molecule is [Y+3].c1ccc([N-]c2ccccc2)cc1.c1ccc([N-]c2ccccc2)cc1.c1ccc([N-]c2ccccc2)cc1. The summed E-state index contributed by atoms with van der Waals surface area (Å²) in [5.41, 5.74) is 5.97. The Labute approximate surface area is 263 Å². The average Bonchev–Trinajstić information content (AvgIpc) is 3.01. The molecule has 0 fully saturated rings. The van der Waals surface area contributed by atoms with Crippen molar-refractivity contribution in [2.24, 2.45) is 0 Å². The molecule has 0 aliphatic heterocycles. The maximum atomic E-state index is 4.44. The van der Waals surface area contributed by atoms with Crippen LogP contribution in [0.4, 0.5) is 34.1 Å². The molecule has 0 aliphatic carbocycles. The molecule has 6 aromatic carbocycles. The van der Waals surface area contributed by atoms with E-state index in [0.717, 1.165) is 34.1 Å². The molecule has 6 aromatic rings. The second-order valence-electron chi connectivity index (χ2n) is 8.35. The van der Waals surface area contributed by atoms with Crippen molar-refractivity contribution >= 4 is 34.1 Å². The Morgan fingerprint density at radius 3 is 0.450 bits per heavy atom. The third-order valence-corrected chi connectivity index (χ3v) is 5.31. The molecule has 0 aromatic heterocycles. The van der Waals surface area contributed by atoms with Crippen LogP contribution in [-0.4, -0.2) is 0 Å². The largest absolute Gasteiger partial charge is 3.00 e. The van der Waals surface area contributed by atoms with Crippen LogP contribution in [0.5, 0.6) is 0 Å². The van der Waals surface area contributed by atoms with Crippen molar-refractivity contribution in [3.8, 4) is 0 Å². The Kier molecular flexibility index (Phi) is 13.8. The van der Waals surface area contributed by atoms with Crippen molar-refractivity contribution in [1.29, 1.82) is 0 Å². The minimum atomic E-state index is 0. The topological polar surface area (TPSA) is 42.3 Å². The molecule has 0 saturated carbocycles. The van der Waals surface area contributed by atoms with Gasteiger partial charge in [-0.15, -0.1) is 34.1 Å². The molecular weight excluding hydrogens is 563 g/mol. The van der Waals surface area contributed by atoms with Gasteiger partial charge in [-0.1, -0.05) is 182 Å². The van der Waals surface area contributed by atoms with Crippen LogP contribution in [0, 0.1) is 0 Å². The summed E-state index contributed by atoms with van der Waals surface area (Å²) < 4.78 is 0. The quantitative estimate of drug-likeness (QED) is 0.184. The zero-order valence-electron chi connectivity index (χ0n) is 22.2. The van der Waals surface area contributed by atoms with Gasteiger partial charge in [-0.25, -0.2) is 0 Å². The molecule has 0 atom stereocenters. The number of hydrogen-bond donors (Lipinski definition) is 0. The molecule has 0 N–H and O–H groups in total. The van der Waals surface area contributed by atoms with Crippen LogP contribution in [0.25, 0.3) is 16.0 Å². The zero-order chi connectivity index (χ0) is 26.8. The molecule has 0 amide bonds. The summed E-state index contributed by atoms with van der Waals surface area (Å²) in [6.07, 6.45) is 0. The number of rotatable bonds is 6. The minimum absolute atomic E-state index is 0. The van der Waals surface area contributed by atoms with E-state index in [2.05, 4.69) is 16.0 Å². The monoisotopic (exact) mass is 593 g/mol. The zero-order valence-corrected chi connectivity index (χ0v) is 25.1. The predicted octanol–water partition coefficient (Wildman–Crippen LogP) is 12.1. The van der Waals surface area contributed by atoms with Gasteiger partial charge in [0.2, 0.25) is 0 Å². The normalized spacial score (nSPS) is 9.30. The summed E-state index contributed by atoms with van der Waals surface area (Å²) in [4.78, 5) is 0. The van der Waals surface area contributed by atoms with E-state index in [4.69, 9.17) is 0 Å². The number of para-hydroxylation sites is 6. The van der Waals surface area contributed by atoms with Crippen LogP contribution in [0.3, 0.4) is 0 Å². The predicted molar refractivity (Wildman–Crippen MR) is 167 cm³/mol. The fraction of sp³-hybridized carbons (Fsp3) is 0. The third kappa shape index (κ3) is 11.7. The summed E-state index contributed by atoms with van der Waals surface area (Å²) in [5.74, 6) is 0. The first-order valence-corrected chi connectivity index (χ1v) is 12.8.